The molecule has 2 aromatic rings. The molecule has 0 aliphatic carbocycles. The van der Waals surface area contributed by atoms with Crippen LogP contribution in [0, 0.1) is 6.92 Å². The standard InChI is InChI=1S/C19H27N5OS/c1-15-3-5-16(6-4-15)26-12-9-21-18(25)14-24-11-7-20-13-17(24)19-22-8-10-23(19)2/h3-6,8,10,17,20H,7,9,11-14H2,1-2H3,(H,21,25). The quantitative estimate of drug-likeness (QED) is 0.570. The number of imidazole rings is 1. The van der Waals surface area contributed by atoms with Crippen molar-refractivity contribution in [2.45, 2.75) is 17.9 Å². The molecule has 0 saturated carbocycles. The number of piperazine rings is 1. The van der Waals surface area contributed by atoms with Crippen molar-refractivity contribution in [2.75, 3.05) is 38.5 Å². The van der Waals surface area contributed by atoms with Gasteiger partial charge in [-0.05, 0) is 19.1 Å². The van der Waals surface area contributed by atoms with Gasteiger partial charge in [0, 0.05) is 56.3 Å². The summed E-state index contributed by atoms with van der Waals surface area (Å²) < 4.78 is 2.03. The Morgan fingerprint density at radius 2 is 2.19 bits per heavy atom. The molecule has 3 rings (SSSR count). The molecule has 0 spiro atoms. The largest absolute Gasteiger partial charge is 0.354 e. The first-order valence-electron chi connectivity index (χ1n) is 9.01. The third-order valence-electron chi connectivity index (χ3n) is 4.57. The van der Waals surface area contributed by atoms with Crippen molar-refractivity contribution in [1.82, 2.24) is 25.1 Å². The molecule has 1 aliphatic rings. The van der Waals surface area contributed by atoms with Gasteiger partial charge in [0.1, 0.15) is 5.82 Å². The maximum absolute atomic E-state index is 12.4. The molecule has 1 fully saturated rings. The van der Waals surface area contributed by atoms with E-state index in [1.165, 1.54) is 10.5 Å². The second-order valence-electron chi connectivity index (χ2n) is 6.60. The summed E-state index contributed by atoms with van der Waals surface area (Å²) >= 11 is 1.77. The molecule has 26 heavy (non-hydrogen) atoms. The predicted octanol–water partition coefficient (Wildman–Crippen LogP) is 1.58. The average molecular weight is 374 g/mol. The molecule has 7 heteroatoms. The fourth-order valence-corrected chi connectivity index (χ4v) is 3.89. The topological polar surface area (TPSA) is 62.2 Å². The van der Waals surface area contributed by atoms with Crippen LogP contribution < -0.4 is 10.6 Å². The maximum atomic E-state index is 12.4. The van der Waals surface area contributed by atoms with Crippen LogP contribution in [0.1, 0.15) is 17.4 Å². The Labute approximate surface area is 159 Å². The molecule has 2 heterocycles. The van der Waals surface area contributed by atoms with E-state index >= 15 is 0 Å². The summed E-state index contributed by atoms with van der Waals surface area (Å²) in [5, 5.41) is 6.44. The van der Waals surface area contributed by atoms with Crippen LogP contribution in [0.4, 0.5) is 0 Å². The predicted molar refractivity (Wildman–Crippen MR) is 105 cm³/mol. The smallest absolute Gasteiger partial charge is 0.234 e. The van der Waals surface area contributed by atoms with Crippen LogP contribution in [0.25, 0.3) is 0 Å². The lowest BCUT2D eigenvalue weighted by Crippen LogP contribution is -2.50. The Morgan fingerprint density at radius 3 is 2.92 bits per heavy atom. The molecule has 0 bridgehead atoms. The molecular formula is C19H27N5OS. The van der Waals surface area contributed by atoms with Gasteiger partial charge in [-0.25, -0.2) is 4.98 Å². The van der Waals surface area contributed by atoms with Gasteiger partial charge in [-0.3, -0.25) is 9.69 Å². The normalized spacial score (nSPS) is 18.0. The zero-order valence-electron chi connectivity index (χ0n) is 15.4. The van der Waals surface area contributed by atoms with Crippen LogP contribution in [0.15, 0.2) is 41.6 Å². The molecule has 1 aromatic heterocycles. The highest BCUT2D eigenvalue weighted by atomic mass is 32.2. The van der Waals surface area contributed by atoms with Gasteiger partial charge < -0.3 is 15.2 Å². The van der Waals surface area contributed by atoms with Crippen LogP contribution in [0.5, 0.6) is 0 Å². The summed E-state index contributed by atoms with van der Waals surface area (Å²) in [7, 11) is 2.00. The fraction of sp³-hybridized carbons (Fsp3) is 0.474. The fourth-order valence-electron chi connectivity index (χ4n) is 3.12. The van der Waals surface area contributed by atoms with Gasteiger partial charge in [0.05, 0.1) is 12.6 Å². The van der Waals surface area contributed by atoms with Gasteiger partial charge in [0.25, 0.3) is 0 Å². The van der Waals surface area contributed by atoms with Crippen molar-refractivity contribution in [2.24, 2.45) is 7.05 Å². The molecule has 1 unspecified atom stereocenters. The van der Waals surface area contributed by atoms with E-state index in [9.17, 15) is 4.79 Å². The summed E-state index contributed by atoms with van der Waals surface area (Å²) in [4.78, 5) is 20.3. The highest BCUT2D eigenvalue weighted by Gasteiger charge is 2.27. The minimum Gasteiger partial charge on any atom is -0.354 e. The van der Waals surface area contributed by atoms with Crippen LogP contribution in [-0.4, -0.2) is 58.8 Å². The Kier molecular flexibility index (Phi) is 6.71. The van der Waals surface area contributed by atoms with E-state index in [1.807, 2.05) is 24.0 Å². The third-order valence-corrected chi connectivity index (χ3v) is 5.59. The molecule has 1 saturated heterocycles. The van der Waals surface area contributed by atoms with Crippen molar-refractivity contribution in [3.63, 3.8) is 0 Å². The first kappa shape index (κ1) is 18.9. The molecule has 1 amide bonds. The Morgan fingerprint density at radius 1 is 1.38 bits per heavy atom. The van der Waals surface area contributed by atoms with Gasteiger partial charge in [-0.2, -0.15) is 0 Å². The van der Waals surface area contributed by atoms with E-state index in [0.29, 0.717) is 13.1 Å². The first-order valence-corrected chi connectivity index (χ1v) is 10.00. The van der Waals surface area contributed by atoms with Gasteiger partial charge in [-0.15, -0.1) is 11.8 Å². The van der Waals surface area contributed by atoms with E-state index in [0.717, 1.165) is 31.2 Å². The molecular weight excluding hydrogens is 346 g/mol. The van der Waals surface area contributed by atoms with Crippen molar-refractivity contribution in [3.05, 3.63) is 48.0 Å². The number of benzene rings is 1. The van der Waals surface area contributed by atoms with Crippen LogP contribution in [0.2, 0.25) is 0 Å². The molecule has 1 atom stereocenters. The van der Waals surface area contributed by atoms with E-state index in [4.69, 9.17) is 0 Å². The van der Waals surface area contributed by atoms with Crippen LogP contribution in [-0.2, 0) is 11.8 Å². The van der Waals surface area contributed by atoms with Gasteiger partial charge in [-0.1, -0.05) is 17.7 Å². The Balaban J connectivity index is 1.44. The zero-order chi connectivity index (χ0) is 18.4. The minimum atomic E-state index is 0.0793. The summed E-state index contributed by atoms with van der Waals surface area (Å²) in [6, 6.07) is 8.61. The molecule has 6 nitrogen and oxygen atoms in total. The average Bonchev–Trinajstić information content (AvgIpc) is 3.06. The van der Waals surface area contributed by atoms with Crippen molar-refractivity contribution in [1.29, 1.82) is 0 Å². The first-order chi connectivity index (χ1) is 12.6. The number of thioether (sulfide) groups is 1. The van der Waals surface area contributed by atoms with Crippen molar-refractivity contribution >= 4 is 17.7 Å². The molecule has 140 valence electrons. The molecule has 0 radical (unpaired) electrons. The number of carbonyl (C=O) groups is 1. The summed E-state index contributed by atoms with van der Waals surface area (Å²) in [6.45, 7) is 5.75. The number of hydrogen-bond acceptors (Lipinski definition) is 5. The summed E-state index contributed by atoms with van der Waals surface area (Å²) in [5.41, 5.74) is 1.26. The lowest BCUT2D eigenvalue weighted by atomic mass is 10.1. The lowest BCUT2D eigenvalue weighted by molar-refractivity contribution is -0.123. The molecule has 2 N–H and O–H groups in total. The minimum absolute atomic E-state index is 0.0793. The van der Waals surface area contributed by atoms with Crippen LogP contribution >= 0.6 is 11.8 Å². The second kappa shape index (κ2) is 9.21. The number of amides is 1. The SMILES string of the molecule is Cc1ccc(SCCNC(=O)CN2CCNCC2c2nccn2C)cc1. The second-order valence-corrected chi connectivity index (χ2v) is 7.77. The Hall–Kier alpha value is -1.83. The van der Waals surface area contributed by atoms with Crippen molar-refractivity contribution < 1.29 is 4.79 Å². The third kappa shape index (κ3) is 5.09. The summed E-state index contributed by atoms with van der Waals surface area (Å²) in [5.74, 6) is 1.95. The lowest BCUT2D eigenvalue weighted by Gasteiger charge is -2.35. The van der Waals surface area contributed by atoms with Gasteiger partial charge in [0.2, 0.25) is 5.91 Å². The van der Waals surface area contributed by atoms with Crippen LogP contribution in [0.3, 0.4) is 0 Å². The number of nitrogens with zero attached hydrogens (tertiary/aromatic N) is 3. The molecule has 1 aromatic carbocycles. The number of carbonyl (C=O) groups excluding carboxylic acids is 1. The van der Waals surface area contributed by atoms with E-state index in [1.54, 1.807) is 11.8 Å². The van der Waals surface area contributed by atoms with Gasteiger partial charge in [0.15, 0.2) is 0 Å². The number of aromatic nitrogens is 2. The van der Waals surface area contributed by atoms with E-state index in [-0.39, 0.29) is 11.9 Å². The number of rotatable bonds is 7. The number of nitrogens with one attached hydrogen (secondary N) is 2. The Bertz CT molecular complexity index is 715. The zero-order valence-corrected chi connectivity index (χ0v) is 16.3. The van der Waals surface area contributed by atoms with E-state index < -0.39 is 0 Å². The molecule has 1 aliphatic heterocycles. The van der Waals surface area contributed by atoms with Gasteiger partial charge >= 0.3 is 0 Å². The highest BCUT2D eigenvalue weighted by Crippen LogP contribution is 2.20. The summed E-state index contributed by atoms with van der Waals surface area (Å²) in [6.07, 6.45) is 3.76. The van der Waals surface area contributed by atoms with Crippen molar-refractivity contribution in [3.8, 4) is 0 Å². The number of hydrogen-bond donors (Lipinski definition) is 2. The maximum Gasteiger partial charge on any atom is 0.234 e. The van der Waals surface area contributed by atoms with E-state index in [2.05, 4.69) is 51.7 Å². The highest BCUT2D eigenvalue weighted by molar-refractivity contribution is 7.99. The monoisotopic (exact) mass is 373 g/mol. The number of aryl methyl sites for hydroxylation is 2.